The lowest BCUT2D eigenvalue weighted by atomic mass is 9.78. The molecule has 0 aliphatic heterocycles. The molecule has 0 spiro atoms. The number of hydrogen-bond donors (Lipinski definition) is 0. The van der Waals surface area contributed by atoms with Crippen molar-refractivity contribution >= 4 is 44.3 Å². The van der Waals surface area contributed by atoms with Gasteiger partial charge in [-0.3, -0.25) is 0 Å². The largest absolute Gasteiger partial charge is 0.331 e. The van der Waals surface area contributed by atoms with Crippen LogP contribution in [0.2, 0.25) is 0 Å². The van der Waals surface area contributed by atoms with Crippen LogP contribution in [0.5, 0.6) is 0 Å². The summed E-state index contributed by atoms with van der Waals surface area (Å²) in [7, 11) is 0. The van der Waals surface area contributed by atoms with Gasteiger partial charge in [-0.15, -0.1) is 0 Å². The summed E-state index contributed by atoms with van der Waals surface area (Å²) in [5.74, 6) is 0. The maximum absolute atomic E-state index is 2.64. The molecule has 8 aromatic rings. The van der Waals surface area contributed by atoms with Gasteiger partial charge in [-0.1, -0.05) is 160 Å². The summed E-state index contributed by atoms with van der Waals surface area (Å²) >= 11 is 0. The molecule has 0 heterocycles. The third-order valence-corrected chi connectivity index (χ3v) is 13.9. The van der Waals surface area contributed by atoms with Crippen LogP contribution in [-0.4, -0.2) is 0 Å². The molecular formula is C56H52N2. The molecule has 0 N–H and O–H groups in total. The highest BCUT2D eigenvalue weighted by molar-refractivity contribution is 5.99. The molecule has 2 nitrogen and oxygen atoms in total. The van der Waals surface area contributed by atoms with Crippen LogP contribution in [0, 0.1) is 13.8 Å². The summed E-state index contributed by atoms with van der Waals surface area (Å²) in [5, 5.41) is 5.07. The molecule has 0 fully saturated rings. The molecule has 2 atom stereocenters. The van der Waals surface area contributed by atoms with E-state index < -0.39 is 0 Å². The van der Waals surface area contributed by atoms with Crippen molar-refractivity contribution in [3.8, 4) is 11.1 Å². The lowest BCUT2D eigenvalue weighted by Gasteiger charge is -2.44. The Labute approximate surface area is 344 Å². The molecule has 286 valence electrons. The Kier molecular flexibility index (Phi) is 8.26. The molecule has 0 bridgehead atoms. The molecule has 0 amide bonds. The van der Waals surface area contributed by atoms with Gasteiger partial charge in [0.05, 0.1) is 16.8 Å². The minimum atomic E-state index is -0.322. The molecular weight excluding hydrogens is 701 g/mol. The monoisotopic (exact) mass is 752 g/mol. The first kappa shape index (κ1) is 36.2. The topological polar surface area (TPSA) is 6.48 Å². The van der Waals surface area contributed by atoms with Gasteiger partial charge in [0, 0.05) is 33.2 Å². The second kappa shape index (κ2) is 13.2. The molecule has 8 aromatic carbocycles. The maximum Gasteiger partial charge on any atom is 0.0960 e. The highest BCUT2D eigenvalue weighted by Gasteiger charge is 2.56. The summed E-state index contributed by atoms with van der Waals surface area (Å²) in [4.78, 5) is 5.25. The molecule has 0 saturated heterocycles. The van der Waals surface area contributed by atoms with Gasteiger partial charge in [-0.2, -0.15) is 0 Å². The zero-order chi connectivity index (χ0) is 40.0. The van der Waals surface area contributed by atoms with Crippen molar-refractivity contribution in [1.29, 1.82) is 0 Å². The Balaban J connectivity index is 1.11. The Morgan fingerprint density at radius 3 is 1.66 bits per heavy atom. The van der Waals surface area contributed by atoms with Gasteiger partial charge < -0.3 is 9.80 Å². The zero-order valence-electron chi connectivity index (χ0n) is 34.9. The van der Waals surface area contributed by atoms with Gasteiger partial charge >= 0.3 is 0 Å². The summed E-state index contributed by atoms with van der Waals surface area (Å²) in [6.07, 6.45) is 1.92. The van der Waals surface area contributed by atoms with Crippen molar-refractivity contribution in [1.82, 2.24) is 0 Å². The van der Waals surface area contributed by atoms with Crippen LogP contribution in [0.4, 0.5) is 22.7 Å². The number of hydrogen-bond acceptors (Lipinski definition) is 2. The first-order valence-electron chi connectivity index (χ1n) is 21.1. The molecule has 10 rings (SSSR count). The van der Waals surface area contributed by atoms with Crippen LogP contribution in [-0.2, 0) is 16.5 Å². The van der Waals surface area contributed by atoms with E-state index in [1.807, 2.05) is 0 Å². The molecule has 58 heavy (non-hydrogen) atoms. The van der Waals surface area contributed by atoms with E-state index in [2.05, 4.69) is 222 Å². The number of nitrogens with zero attached hydrogens (tertiary/aromatic N) is 2. The predicted octanol–water partition coefficient (Wildman–Crippen LogP) is 15.2. The van der Waals surface area contributed by atoms with E-state index in [-0.39, 0.29) is 16.5 Å². The van der Waals surface area contributed by atoms with Crippen LogP contribution in [0.1, 0.15) is 86.4 Å². The number of anilines is 4. The average Bonchev–Trinajstić information content (AvgIpc) is 3.84. The second-order valence-electron chi connectivity index (χ2n) is 17.5. The van der Waals surface area contributed by atoms with Crippen LogP contribution >= 0.6 is 0 Å². The fraction of sp³-hybridized carbons (Fsp3) is 0.214. The Morgan fingerprint density at radius 1 is 0.500 bits per heavy atom. The van der Waals surface area contributed by atoms with Crippen molar-refractivity contribution < 1.29 is 0 Å². The van der Waals surface area contributed by atoms with Gasteiger partial charge in [0.25, 0.3) is 0 Å². The van der Waals surface area contributed by atoms with Gasteiger partial charge in [0.1, 0.15) is 0 Å². The summed E-state index contributed by atoms with van der Waals surface area (Å²) < 4.78 is 0. The molecule has 2 heteroatoms. The van der Waals surface area contributed by atoms with E-state index >= 15 is 0 Å². The summed E-state index contributed by atoms with van der Waals surface area (Å²) in [6.45, 7) is 16.4. The lowest BCUT2D eigenvalue weighted by molar-refractivity contribution is 0.463. The SMILES string of the molecule is CCC(C)(c1ccc2c(c1)C(C)(C)c1cc3c(cc1-2)C3(CC)N(c1ccc(C)cc1)c1cccc2ccccc12)N(c1ccc(C)cc1)c1cccc2ccccc12. The first-order valence-corrected chi connectivity index (χ1v) is 21.1. The predicted molar refractivity (Wildman–Crippen MR) is 247 cm³/mol. The Morgan fingerprint density at radius 2 is 1.03 bits per heavy atom. The molecule has 0 aromatic heterocycles. The van der Waals surface area contributed by atoms with Crippen LogP contribution in [0.15, 0.2) is 164 Å². The van der Waals surface area contributed by atoms with Crippen LogP contribution in [0.25, 0.3) is 32.7 Å². The van der Waals surface area contributed by atoms with E-state index in [0.717, 1.165) is 12.8 Å². The highest BCUT2D eigenvalue weighted by Crippen LogP contribution is 2.63. The normalized spacial score (nSPS) is 17.0. The molecule has 0 saturated carbocycles. The van der Waals surface area contributed by atoms with E-state index in [9.17, 15) is 0 Å². The zero-order valence-corrected chi connectivity index (χ0v) is 34.9. The minimum absolute atomic E-state index is 0.172. The van der Waals surface area contributed by atoms with E-state index in [1.54, 1.807) is 0 Å². The van der Waals surface area contributed by atoms with Crippen LogP contribution in [0.3, 0.4) is 0 Å². The fourth-order valence-corrected chi connectivity index (χ4v) is 10.4. The number of benzene rings is 8. The first-order chi connectivity index (χ1) is 28.1. The highest BCUT2D eigenvalue weighted by atomic mass is 15.2. The second-order valence-corrected chi connectivity index (χ2v) is 17.5. The minimum Gasteiger partial charge on any atom is -0.331 e. The standard InChI is InChI=1S/C56H52N2/c1-8-55(7,57(42-29-24-37(3)25-30-42)52-22-14-18-39-16-10-12-20-44(39)52)41-28-33-46-47-35-50-51(36-49(47)54(5,6)48(46)34-41)56(50,9-2)58(43-31-26-38(4)27-32-43)53-23-15-19-40-17-11-13-21-45(40)53/h10-36H,8-9H2,1-7H3. The number of aryl methyl sites for hydroxylation is 2. The third kappa shape index (κ3) is 5.24. The number of fused-ring (bicyclic) bond motifs is 6. The quantitative estimate of drug-likeness (QED) is 0.145. The molecule has 2 aliphatic carbocycles. The maximum atomic E-state index is 2.64. The van der Waals surface area contributed by atoms with Crippen molar-refractivity contribution in [2.24, 2.45) is 0 Å². The Hall–Kier alpha value is -6.12. The lowest BCUT2D eigenvalue weighted by Crippen LogP contribution is -2.41. The fourth-order valence-electron chi connectivity index (χ4n) is 10.4. The van der Waals surface area contributed by atoms with Gasteiger partial charge in [-0.05, 0) is 126 Å². The van der Waals surface area contributed by atoms with E-state index in [1.165, 1.54) is 94.4 Å². The van der Waals surface area contributed by atoms with Crippen molar-refractivity contribution in [2.45, 2.75) is 77.8 Å². The van der Waals surface area contributed by atoms with Gasteiger partial charge in [0.2, 0.25) is 0 Å². The molecule has 0 radical (unpaired) electrons. The van der Waals surface area contributed by atoms with Gasteiger partial charge in [-0.25, -0.2) is 0 Å². The van der Waals surface area contributed by atoms with E-state index in [0.29, 0.717) is 0 Å². The average molecular weight is 753 g/mol. The van der Waals surface area contributed by atoms with Gasteiger partial charge in [0.15, 0.2) is 0 Å². The smallest absolute Gasteiger partial charge is 0.0960 e. The van der Waals surface area contributed by atoms with Crippen molar-refractivity contribution in [3.63, 3.8) is 0 Å². The summed E-state index contributed by atoms with van der Waals surface area (Å²) in [5.41, 5.74) is 16.6. The molecule has 2 unspecified atom stereocenters. The Bertz CT molecular complexity index is 2870. The van der Waals surface area contributed by atoms with Crippen molar-refractivity contribution in [2.75, 3.05) is 9.80 Å². The summed E-state index contributed by atoms with van der Waals surface area (Å²) in [6, 6.07) is 61.9. The van der Waals surface area contributed by atoms with Crippen LogP contribution < -0.4 is 9.80 Å². The van der Waals surface area contributed by atoms with Crippen molar-refractivity contribution in [3.05, 3.63) is 203 Å². The number of rotatable bonds is 9. The molecule has 2 aliphatic rings. The van der Waals surface area contributed by atoms with E-state index in [4.69, 9.17) is 0 Å². The third-order valence-electron chi connectivity index (χ3n) is 13.9.